The van der Waals surface area contributed by atoms with E-state index in [4.69, 9.17) is 0 Å². The van der Waals surface area contributed by atoms with Gasteiger partial charge in [0.25, 0.3) is 0 Å². The molecule has 2 aliphatic carbocycles. The molecule has 0 heteroatoms. The number of fused-ring (bicyclic) bond motifs is 1. The molecule has 1 aromatic rings. The maximum atomic E-state index is 2.53. The van der Waals surface area contributed by atoms with Crippen LogP contribution in [0.15, 0.2) is 12.1 Å². The zero-order valence-electron chi connectivity index (χ0n) is 15.6. The highest BCUT2D eigenvalue weighted by Gasteiger charge is 2.48. The molecule has 3 rings (SSSR count). The van der Waals surface area contributed by atoms with Crippen molar-refractivity contribution in [3.8, 4) is 0 Å². The highest BCUT2D eigenvalue weighted by Crippen LogP contribution is 2.56. The fourth-order valence-electron chi connectivity index (χ4n) is 5.63. The minimum Gasteiger partial charge on any atom is -0.0620 e. The quantitative estimate of drug-likeness (QED) is 0.572. The van der Waals surface area contributed by atoms with Crippen LogP contribution in [0.25, 0.3) is 0 Å². The van der Waals surface area contributed by atoms with E-state index in [9.17, 15) is 0 Å². The second-order valence-corrected chi connectivity index (χ2v) is 8.71. The standard InChI is InChI=1S/C22H34/c1-12-8-19(9-13(2)14(12)3)20-10-21-17(6)15(4)16(5)18(7)22(21)11-20/h8-9,15-18,20-22H,10-11H2,1-7H3. The molecule has 0 saturated heterocycles. The fraction of sp³-hybridized carbons (Fsp3) is 0.727. The first-order chi connectivity index (χ1) is 10.3. The molecule has 2 aliphatic rings. The Morgan fingerprint density at radius 2 is 1.09 bits per heavy atom. The van der Waals surface area contributed by atoms with Crippen LogP contribution in [0.5, 0.6) is 0 Å². The topological polar surface area (TPSA) is 0 Å². The minimum absolute atomic E-state index is 0.801. The lowest BCUT2D eigenvalue weighted by Gasteiger charge is -2.45. The number of hydrogen-bond donors (Lipinski definition) is 0. The third-order valence-electron chi connectivity index (χ3n) is 7.92. The summed E-state index contributed by atoms with van der Waals surface area (Å²) in [6.07, 6.45) is 2.85. The lowest BCUT2D eigenvalue weighted by atomic mass is 9.60. The van der Waals surface area contributed by atoms with E-state index < -0.39 is 0 Å². The van der Waals surface area contributed by atoms with Crippen molar-refractivity contribution in [2.45, 2.75) is 67.2 Å². The van der Waals surface area contributed by atoms with Crippen molar-refractivity contribution in [3.05, 3.63) is 34.4 Å². The Morgan fingerprint density at radius 3 is 1.50 bits per heavy atom. The van der Waals surface area contributed by atoms with Gasteiger partial charge in [-0.2, -0.15) is 0 Å². The molecule has 6 atom stereocenters. The van der Waals surface area contributed by atoms with Gasteiger partial charge in [-0.3, -0.25) is 0 Å². The van der Waals surface area contributed by atoms with Crippen LogP contribution in [0.3, 0.4) is 0 Å². The monoisotopic (exact) mass is 298 g/mol. The molecule has 2 saturated carbocycles. The molecule has 6 unspecified atom stereocenters. The summed E-state index contributed by atoms with van der Waals surface area (Å²) in [6, 6.07) is 4.96. The zero-order valence-corrected chi connectivity index (χ0v) is 15.6. The molecule has 22 heavy (non-hydrogen) atoms. The minimum atomic E-state index is 0.801. The average Bonchev–Trinajstić information content (AvgIpc) is 2.93. The maximum Gasteiger partial charge on any atom is -0.0156 e. The molecule has 0 N–H and O–H groups in total. The summed E-state index contributed by atoms with van der Waals surface area (Å²) in [7, 11) is 0. The maximum absolute atomic E-state index is 2.53. The van der Waals surface area contributed by atoms with E-state index in [1.807, 2.05) is 0 Å². The largest absolute Gasteiger partial charge is 0.0620 e. The van der Waals surface area contributed by atoms with Crippen molar-refractivity contribution in [1.82, 2.24) is 0 Å². The lowest BCUT2D eigenvalue weighted by Crippen LogP contribution is -2.39. The van der Waals surface area contributed by atoms with Crippen LogP contribution in [-0.2, 0) is 0 Å². The third kappa shape index (κ3) is 2.43. The summed E-state index contributed by atoms with van der Waals surface area (Å²) in [6.45, 7) is 16.9. The fourth-order valence-corrected chi connectivity index (χ4v) is 5.63. The first-order valence-corrected chi connectivity index (χ1v) is 9.39. The Morgan fingerprint density at radius 1 is 0.682 bits per heavy atom. The number of rotatable bonds is 1. The highest BCUT2D eigenvalue weighted by atomic mass is 14.5. The van der Waals surface area contributed by atoms with Crippen molar-refractivity contribution in [3.63, 3.8) is 0 Å². The van der Waals surface area contributed by atoms with Gasteiger partial charge in [0.1, 0.15) is 0 Å². The predicted octanol–water partition coefficient (Wildman–Crippen LogP) is 6.28. The van der Waals surface area contributed by atoms with Gasteiger partial charge in [-0.05, 0) is 97.3 Å². The van der Waals surface area contributed by atoms with Gasteiger partial charge in [0.15, 0.2) is 0 Å². The lowest BCUT2D eigenvalue weighted by molar-refractivity contribution is 0.0302. The van der Waals surface area contributed by atoms with E-state index in [1.54, 1.807) is 5.56 Å². The number of hydrogen-bond acceptors (Lipinski definition) is 0. The SMILES string of the molecule is Cc1cc(C2CC3C(C)C(C)C(C)C(C)C3C2)cc(C)c1C. The van der Waals surface area contributed by atoms with Crippen molar-refractivity contribution in [2.24, 2.45) is 35.5 Å². The molecule has 0 spiro atoms. The predicted molar refractivity (Wildman–Crippen MR) is 96.3 cm³/mol. The summed E-state index contributed by atoms with van der Waals surface area (Å²) in [4.78, 5) is 0. The van der Waals surface area contributed by atoms with Crippen LogP contribution in [0.1, 0.15) is 68.7 Å². The Balaban J connectivity index is 1.88. The summed E-state index contributed by atoms with van der Waals surface area (Å²) in [5.74, 6) is 6.27. The van der Waals surface area contributed by atoms with E-state index in [2.05, 4.69) is 60.6 Å². The van der Waals surface area contributed by atoms with E-state index >= 15 is 0 Å². The second-order valence-electron chi connectivity index (χ2n) is 8.71. The summed E-state index contributed by atoms with van der Waals surface area (Å²) >= 11 is 0. The molecule has 0 nitrogen and oxygen atoms in total. The molecule has 0 aliphatic heterocycles. The van der Waals surface area contributed by atoms with E-state index in [0.717, 1.165) is 41.4 Å². The summed E-state index contributed by atoms with van der Waals surface area (Å²) in [5.41, 5.74) is 6.05. The molecule has 0 bridgehead atoms. The van der Waals surface area contributed by atoms with E-state index in [1.165, 1.54) is 29.5 Å². The average molecular weight is 299 g/mol. The van der Waals surface area contributed by atoms with Gasteiger partial charge >= 0.3 is 0 Å². The highest BCUT2D eigenvalue weighted by molar-refractivity contribution is 5.38. The van der Waals surface area contributed by atoms with Crippen molar-refractivity contribution in [1.29, 1.82) is 0 Å². The summed E-state index contributed by atoms with van der Waals surface area (Å²) < 4.78 is 0. The van der Waals surface area contributed by atoms with Crippen LogP contribution >= 0.6 is 0 Å². The van der Waals surface area contributed by atoms with Gasteiger partial charge < -0.3 is 0 Å². The second kappa shape index (κ2) is 5.69. The molecule has 2 fully saturated rings. The number of aryl methyl sites for hydroxylation is 2. The Labute approximate surface area is 137 Å². The van der Waals surface area contributed by atoms with Crippen LogP contribution in [-0.4, -0.2) is 0 Å². The van der Waals surface area contributed by atoms with Crippen LogP contribution in [0, 0.1) is 56.3 Å². The van der Waals surface area contributed by atoms with Gasteiger partial charge in [0.05, 0.1) is 0 Å². The normalized spacial score (nSPS) is 41.5. The van der Waals surface area contributed by atoms with Crippen LogP contribution < -0.4 is 0 Å². The Kier molecular flexibility index (Phi) is 4.16. The number of benzene rings is 1. The zero-order chi connectivity index (χ0) is 16.2. The molecular weight excluding hydrogens is 264 g/mol. The van der Waals surface area contributed by atoms with Crippen molar-refractivity contribution >= 4 is 0 Å². The molecule has 0 radical (unpaired) electrons. The van der Waals surface area contributed by atoms with Gasteiger partial charge in [0, 0.05) is 0 Å². The molecular formula is C22H34. The first kappa shape index (κ1) is 16.1. The van der Waals surface area contributed by atoms with Crippen LogP contribution in [0.2, 0.25) is 0 Å². The molecule has 122 valence electrons. The van der Waals surface area contributed by atoms with Gasteiger partial charge in [0.2, 0.25) is 0 Å². The first-order valence-electron chi connectivity index (χ1n) is 9.39. The van der Waals surface area contributed by atoms with E-state index in [0.29, 0.717) is 0 Å². The summed E-state index contributed by atoms with van der Waals surface area (Å²) in [5, 5.41) is 0. The molecule has 0 aromatic heterocycles. The molecule has 0 amide bonds. The van der Waals surface area contributed by atoms with Gasteiger partial charge in [-0.1, -0.05) is 39.8 Å². The Bertz CT molecular complexity index is 510. The van der Waals surface area contributed by atoms with Gasteiger partial charge in [-0.25, -0.2) is 0 Å². The third-order valence-corrected chi connectivity index (χ3v) is 7.92. The van der Waals surface area contributed by atoms with Gasteiger partial charge in [-0.15, -0.1) is 0 Å². The van der Waals surface area contributed by atoms with Crippen LogP contribution in [0.4, 0.5) is 0 Å². The van der Waals surface area contributed by atoms with Crippen molar-refractivity contribution < 1.29 is 0 Å². The van der Waals surface area contributed by atoms with E-state index in [-0.39, 0.29) is 0 Å². The van der Waals surface area contributed by atoms with Crippen molar-refractivity contribution in [2.75, 3.05) is 0 Å². The smallest absolute Gasteiger partial charge is 0.0156 e. The molecule has 0 heterocycles. The Hall–Kier alpha value is -0.780. The molecule has 1 aromatic carbocycles.